The first kappa shape index (κ1) is 13.3. The molecule has 0 fully saturated rings. The molecule has 0 radical (unpaired) electrons. The van der Waals surface area contributed by atoms with E-state index in [0.717, 1.165) is 16.9 Å². The lowest BCUT2D eigenvalue weighted by atomic mass is 10.2. The van der Waals surface area contributed by atoms with Gasteiger partial charge in [0.2, 0.25) is 0 Å². The Kier molecular flexibility index (Phi) is 4.20. The maximum atomic E-state index is 9.53. The number of benzene rings is 2. The van der Waals surface area contributed by atoms with E-state index in [1.54, 1.807) is 17.8 Å². The molecule has 0 aliphatic rings. The van der Waals surface area contributed by atoms with Gasteiger partial charge >= 0.3 is 0 Å². The molecule has 2 rings (SSSR count). The van der Waals surface area contributed by atoms with Crippen LogP contribution in [0.4, 0.5) is 0 Å². The molecule has 1 N–H and O–H groups in total. The Bertz CT molecular complexity index is 566. The molecule has 0 saturated carbocycles. The van der Waals surface area contributed by atoms with E-state index in [-0.39, 0.29) is 5.75 Å². The number of phenolic OH excluding ortho intramolecular Hbond substituents is 1. The van der Waals surface area contributed by atoms with E-state index in [4.69, 9.17) is 11.6 Å². The smallest absolute Gasteiger partial charge is 0.134 e. The summed E-state index contributed by atoms with van der Waals surface area (Å²) in [6, 6.07) is 12.0. The molecule has 0 aliphatic heterocycles. The molecule has 0 saturated heterocycles. The summed E-state index contributed by atoms with van der Waals surface area (Å²) in [6.45, 7) is 4.07. The van der Waals surface area contributed by atoms with Crippen molar-refractivity contribution >= 4 is 23.4 Å². The van der Waals surface area contributed by atoms with E-state index < -0.39 is 0 Å². The number of hydrogen-bond donors (Lipinski definition) is 1. The van der Waals surface area contributed by atoms with Crippen molar-refractivity contribution in [1.82, 2.24) is 0 Å². The first-order chi connectivity index (χ1) is 8.61. The molecule has 0 atom stereocenters. The molecule has 0 heterocycles. The van der Waals surface area contributed by atoms with Crippen LogP contribution in [0.1, 0.15) is 18.1 Å². The van der Waals surface area contributed by atoms with Gasteiger partial charge in [-0.15, -0.1) is 0 Å². The van der Waals surface area contributed by atoms with Gasteiger partial charge in [0.1, 0.15) is 5.75 Å². The molecule has 1 nitrogen and oxygen atoms in total. The predicted molar refractivity (Wildman–Crippen MR) is 77.8 cm³/mol. The second-order valence-electron chi connectivity index (χ2n) is 4.12. The molecule has 0 unspecified atom stereocenters. The van der Waals surface area contributed by atoms with Gasteiger partial charge in [-0.25, -0.2) is 0 Å². The zero-order chi connectivity index (χ0) is 13.1. The molecule has 0 aromatic heterocycles. The summed E-state index contributed by atoms with van der Waals surface area (Å²) in [6.07, 6.45) is 1.03. The van der Waals surface area contributed by atoms with E-state index in [1.807, 2.05) is 13.0 Å². The largest absolute Gasteiger partial charge is 0.506 e. The van der Waals surface area contributed by atoms with Crippen molar-refractivity contribution in [3.63, 3.8) is 0 Å². The summed E-state index contributed by atoms with van der Waals surface area (Å²) in [5.41, 5.74) is 2.24. The summed E-state index contributed by atoms with van der Waals surface area (Å²) in [5.74, 6) is 0.140. The Morgan fingerprint density at radius 2 is 2.00 bits per heavy atom. The van der Waals surface area contributed by atoms with Gasteiger partial charge in [0, 0.05) is 9.79 Å². The highest BCUT2D eigenvalue weighted by molar-refractivity contribution is 7.99. The number of hydrogen-bond acceptors (Lipinski definition) is 2. The molecule has 2 aromatic carbocycles. The predicted octanol–water partition coefficient (Wildman–Crippen LogP) is 5.07. The van der Waals surface area contributed by atoms with Gasteiger partial charge in [0.15, 0.2) is 0 Å². The Labute approximate surface area is 117 Å². The molecule has 3 heteroatoms. The summed E-state index contributed by atoms with van der Waals surface area (Å²) >= 11 is 7.72. The summed E-state index contributed by atoms with van der Waals surface area (Å²) in [5, 5.41) is 9.97. The van der Waals surface area contributed by atoms with Crippen LogP contribution in [0, 0.1) is 6.92 Å². The van der Waals surface area contributed by atoms with Crippen LogP contribution in [0.2, 0.25) is 5.02 Å². The van der Waals surface area contributed by atoms with Gasteiger partial charge in [-0.3, -0.25) is 0 Å². The fraction of sp³-hybridized carbons (Fsp3) is 0.200. The molecule has 0 amide bonds. The number of rotatable bonds is 3. The Morgan fingerprint density at radius 1 is 1.22 bits per heavy atom. The molecule has 94 valence electrons. The van der Waals surface area contributed by atoms with Crippen LogP contribution in [0.3, 0.4) is 0 Å². The minimum atomic E-state index is 0.140. The average molecular weight is 279 g/mol. The zero-order valence-electron chi connectivity index (χ0n) is 10.4. The second kappa shape index (κ2) is 5.68. The van der Waals surface area contributed by atoms with E-state index in [2.05, 4.69) is 31.2 Å². The maximum absolute atomic E-state index is 9.53. The van der Waals surface area contributed by atoms with Crippen molar-refractivity contribution in [1.29, 1.82) is 0 Å². The van der Waals surface area contributed by atoms with E-state index in [0.29, 0.717) is 5.02 Å². The number of halogens is 1. The van der Waals surface area contributed by atoms with Gasteiger partial charge in [0.25, 0.3) is 0 Å². The SMILES string of the molecule is CCc1cccc(Sc2ccc(O)c(Cl)c2C)c1. The third kappa shape index (κ3) is 2.82. The van der Waals surface area contributed by atoms with Crippen LogP contribution in [0.5, 0.6) is 5.75 Å². The van der Waals surface area contributed by atoms with Gasteiger partial charge in [-0.2, -0.15) is 0 Å². The van der Waals surface area contributed by atoms with E-state index >= 15 is 0 Å². The highest BCUT2D eigenvalue weighted by atomic mass is 35.5. The van der Waals surface area contributed by atoms with Crippen molar-refractivity contribution < 1.29 is 5.11 Å². The summed E-state index contributed by atoms with van der Waals surface area (Å²) < 4.78 is 0. The van der Waals surface area contributed by atoms with Crippen LogP contribution < -0.4 is 0 Å². The zero-order valence-corrected chi connectivity index (χ0v) is 12.0. The van der Waals surface area contributed by atoms with Gasteiger partial charge < -0.3 is 5.11 Å². The number of phenols is 1. The molecule has 0 aliphatic carbocycles. The Hall–Kier alpha value is -1.12. The lowest BCUT2D eigenvalue weighted by Crippen LogP contribution is -1.84. The van der Waals surface area contributed by atoms with Crippen LogP contribution >= 0.6 is 23.4 Å². The van der Waals surface area contributed by atoms with Crippen molar-refractivity contribution in [3.8, 4) is 5.75 Å². The highest BCUT2D eigenvalue weighted by Crippen LogP contribution is 2.37. The van der Waals surface area contributed by atoms with Crippen molar-refractivity contribution in [2.24, 2.45) is 0 Å². The third-order valence-electron chi connectivity index (χ3n) is 2.85. The average Bonchev–Trinajstić information content (AvgIpc) is 2.40. The monoisotopic (exact) mass is 278 g/mol. The first-order valence-corrected chi connectivity index (χ1v) is 7.06. The number of aromatic hydroxyl groups is 1. The van der Waals surface area contributed by atoms with Crippen LogP contribution in [0.15, 0.2) is 46.2 Å². The van der Waals surface area contributed by atoms with Crippen LogP contribution in [-0.2, 0) is 6.42 Å². The van der Waals surface area contributed by atoms with Crippen LogP contribution in [0.25, 0.3) is 0 Å². The lowest BCUT2D eigenvalue weighted by Gasteiger charge is -2.09. The van der Waals surface area contributed by atoms with Crippen molar-refractivity contribution in [2.45, 2.75) is 30.1 Å². The molecule has 18 heavy (non-hydrogen) atoms. The normalized spacial score (nSPS) is 10.6. The summed E-state index contributed by atoms with van der Waals surface area (Å²) in [7, 11) is 0. The molecule has 0 bridgehead atoms. The number of aryl methyl sites for hydroxylation is 1. The Balaban J connectivity index is 2.31. The second-order valence-corrected chi connectivity index (χ2v) is 5.62. The molecule has 0 spiro atoms. The standard InChI is InChI=1S/C15H15ClOS/c1-3-11-5-4-6-12(9-11)18-14-8-7-13(17)15(16)10(14)2/h4-9,17H,3H2,1-2H3. The van der Waals surface area contributed by atoms with E-state index in [9.17, 15) is 5.11 Å². The van der Waals surface area contributed by atoms with Crippen molar-refractivity contribution in [3.05, 3.63) is 52.5 Å². The van der Waals surface area contributed by atoms with Crippen LogP contribution in [-0.4, -0.2) is 5.11 Å². The fourth-order valence-corrected chi connectivity index (χ4v) is 2.94. The quantitative estimate of drug-likeness (QED) is 0.846. The lowest BCUT2D eigenvalue weighted by molar-refractivity contribution is 0.474. The highest BCUT2D eigenvalue weighted by Gasteiger charge is 2.08. The fourth-order valence-electron chi connectivity index (χ4n) is 1.72. The maximum Gasteiger partial charge on any atom is 0.134 e. The van der Waals surface area contributed by atoms with Gasteiger partial charge in [-0.1, -0.05) is 42.4 Å². The first-order valence-electron chi connectivity index (χ1n) is 5.86. The van der Waals surface area contributed by atoms with Gasteiger partial charge in [0.05, 0.1) is 5.02 Å². The minimum absolute atomic E-state index is 0.140. The molecule has 2 aromatic rings. The minimum Gasteiger partial charge on any atom is -0.506 e. The summed E-state index contributed by atoms with van der Waals surface area (Å²) in [4.78, 5) is 2.27. The molecular formula is C15H15ClOS. The third-order valence-corrected chi connectivity index (χ3v) is 4.48. The Morgan fingerprint density at radius 3 is 2.72 bits per heavy atom. The van der Waals surface area contributed by atoms with Gasteiger partial charge in [-0.05, 0) is 48.7 Å². The molecular weight excluding hydrogens is 264 g/mol. The van der Waals surface area contributed by atoms with E-state index in [1.165, 1.54) is 10.5 Å². The topological polar surface area (TPSA) is 20.2 Å². The van der Waals surface area contributed by atoms with Crippen molar-refractivity contribution in [2.75, 3.05) is 0 Å².